The van der Waals surface area contributed by atoms with E-state index in [2.05, 4.69) is 26.7 Å². The first-order valence-electron chi connectivity index (χ1n) is 8.66. The average molecular weight is 317 g/mol. The number of aromatic nitrogens is 2. The summed E-state index contributed by atoms with van der Waals surface area (Å²) in [6.07, 6.45) is 4.10. The van der Waals surface area contributed by atoms with Gasteiger partial charge in [0.1, 0.15) is 0 Å². The van der Waals surface area contributed by atoms with E-state index in [0.717, 1.165) is 69.7 Å². The van der Waals surface area contributed by atoms with Gasteiger partial charge in [0.25, 0.3) is 0 Å². The van der Waals surface area contributed by atoms with Crippen LogP contribution < -0.4 is 4.90 Å². The largest absolute Gasteiger partial charge is 0.342 e. The summed E-state index contributed by atoms with van der Waals surface area (Å²) >= 11 is 0. The monoisotopic (exact) mass is 317 g/mol. The van der Waals surface area contributed by atoms with Crippen molar-refractivity contribution in [3.63, 3.8) is 0 Å². The molecular formula is C17H27N5O. The highest BCUT2D eigenvalue weighted by atomic mass is 16.2. The third kappa shape index (κ3) is 4.19. The first-order chi connectivity index (χ1) is 11.1. The molecule has 0 spiro atoms. The molecule has 0 N–H and O–H groups in total. The zero-order valence-corrected chi connectivity index (χ0v) is 14.2. The van der Waals surface area contributed by atoms with Crippen molar-refractivity contribution in [2.45, 2.75) is 26.7 Å². The zero-order valence-electron chi connectivity index (χ0n) is 14.2. The van der Waals surface area contributed by atoms with Gasteiger partial charge < -0.3 is 9.80 Å². The number of piperazine rings is 1. The number of nitrogens with zero attached hydrogens (tertiary/aromatic N) is 5. The summed E-state index contributed by atoms with van der Waals surface area (Å²) in [6.45, 7) is 10.2. The Labute approximate surface area is 138 Å². The Morgan fingerprint density at radius 3 is 2.52 bits per heavy atom. The molecule has 0 aromatic carbocycles. The van der Waals surface area contributed by atoms with Gasteiger partial charge in [0.05, 0.1) is 6.54 Å². The fourth-order valence-electron chi connectivity index (χ4n) is 3.24. The number of likely N-dealkylation sites (tertiary alicyclic amines) is 1. The van der Waals surface area contributed by atoms with E-state index in [1.165, 1.54) is 0 Å². The predicted octanol–water partition coefficient (Wildman–Crippen LogP) is 1.17. The van der Waals surface area contributed by atoms with Gasteiger partial charge in [-0.25, -0.2) is 9.97 Å². The molecule has 1 aromatic rings. The minimum Gasteiger partial charge on any atom is -0.342 e. The molecule has 1 aromatic heterocycles. The summed E-state index contributed by atoms with van der Waals surface area (Å²) in [5.74, 6) is 1.86. The minimum absolute atomic E-state index is 0.289. The van der Waals surface area contributed by atoms with Crippen LogP contribution in [0.2, 0.25) is 0 Å². The van der Waals surface area contributed by atoms with Crippen LogP contribution in [0.1, 0.15) is 25.5 Å². The van der Waals surface area contributed by atoms with Gasteiger partial charge in [-0.2, -0.15) is 0 Å². The lowest BCUT2D eigenvalue weighted by Gasteiger charge is -2.36. The maximum atomic E-state index is 12.4. The maximum Gasteiger partial charge on any atom is 0.236 e. The third-order valence-electron chi connectivity index (χ3n) is 4.93. The molecule has 0 saturated carbocycles. The Balaban J connectivity index is 1.46. The van der Waals surface area contributed by atoms with Crippen molar-refractivity contribution in [3.8, 4) is 0 Å². The number of hydrogen-bond donors (Lipinski definition) is 0. The van der Waals surface area contributed by atoms with Crippen LogP contribution in [0.15, 0.2) is 12.3 Å². The van der Waals surface area contributed by atoms with Crippen molar-refractivity contribution >= 4 is 11.9 Å². The second-order valence-corrected chi connectivity index (χ2v) is 6.82. The summed E-state index contributed by atoms with van der Waals surface area (Å²) in [7, 11) is 0. The predicted molar refractivity (Wildman–Crippen MR) is 90.4 cm³/mol. The standard InChI is InChI=1S/C17H27N5O/c1-14-4-7-21(8-5-14)16(23)13-20-9-11-22(12-10-20)17-18-6-3-15(2)19-17/h3,6,14H,4-5,7-13H2,1-2H3. The summed E-state index contributed by atoms with van der Waals surface area (Å²) in [6, 6.07) is 1.91. The number of anilines is 1. The highest BCUT2D eigenvalue weighted by Gasteiger charge is 2.24. The van der Waals surface area contributed by atoms with Crippen molar-refractivity contribution in [2.24, 2.45) is 5.92 Å². The first kappa shape index (κ1) is 16.2. The van der Waals surface area contributed by atoms with Crippen molar-refractivity contribution in [3.05, 3.63) is 18.0 Å². The molecule has 0 radical (unpaired) electrons. The number of carbonyl (C=O) groups is 1. The molecule has 0 atom stereocenters. The van der Waals surface area contributed by atoms with Gasteiger partial charge in [0.2, 0.25) is 11.9 Å². The second kappa shape index (κ2) is 7.25. The van der Waals surface area contributed by atoms with E-state index in [0.29, 0.717) is 6.54 Å². The molecule has 23 heavy (non-hydrogen) atoms. The molecule has 1 amide bonds. The lowest BCUT2D eigenvalue weighted by molar-refractivity contribution is -0.133. The van der Waals surface area contributed by atoms with E-state index in [1.54, 1.807) is 0 Å². The molecule has 2 aliphatic rings. The molecule has 2 saturated heterocycles. The van der Waals surface area contributed by atoms with Crippen molar-refractivity contribution in [1.82, 2.24) is 19.8 Å². The lowest BCUT2D eigenvalue weighted by atomic mass is 9.99. The molecule has 3 rings (SSSR count). The Kier molecular flexibility index (Phi) is 5.10. The van der Waals surface area contributed by atoms with Gasteiger partial charge in [-0.05, 0) is 31.7 Å². The molecule has 0 bridgehead atoms. The van der Waals surface area contributed by atoms with Crippen molar-refractivity contribution in [1.29, 1.82) is 0 Å². The van der Waals surface area contributed by atoms with Crippen LogP contribution in [0.5, 0.6) is 0 Å². The molecule has 2 aliphatic heterocycles. The Bertz CT molecular complexity index is 534. The number of piperidine rings is 1. The van der Waals surface area contributed by atoms with Crippen LogP contribution in [-0.2, 0) is 4.79 Å². The molecule has 3 heterocycles. The Morgan fingerprint density at radius 1 is 1.17 bits per heavy atom. The highest BCUT2D eigenvalue weighted by Crippen LogP contribution is 2.16. The van der Waals surface area contributed by atoms with Crippen LogP contribution in [0, 0.1) is 12.8 Å². The van der Waals surface area contributed by atoms with Gasteiger partial charge >= 0.3 is 0 Å². The molecule has 126 valence electrons. The SMILES string of the molecule is Cc1ccnc(N2CCN(CC(=O)N3CCC(C)CC3)CC2)n1. The van der Waals surface area contributed by atoms with Gasteiger partial charge in [-0.1, -0.05) is 6.92 Å². The van der Waals surface area contributed by atoms with Crippen molar-refractivity contribution < 1.29 is 4.79 Å². The van der Waals surface area contributed by atoms with E-state index < -0.39 is 0 Å². The van der Waals surface area contributed by atoms with E-state index in [9.17, 15) is 4.79 Å². The zero-order chi connectivity index (χ0) is 16.2. The molecule has 0 aliphatic carbocycles. The Hall–Kier alpha value is -1.69. The molecule has 2 fully saturated rings. The lowest BCUT2D eigenvalue weighted by Crippen LogP contribution is -2.51. The van der Waals surface area contributed by atoms with E-state index in [-0.39, 0.29) is 5.91 Å². The summed E-state index contributed by atoms with van der Waals surface area (Å²) in [5, 5.41) is 0. The number of aryl methyl sites for hydroxylation is 1. The van der Waals surface area contributed by atoms with Gasteiger partial charge in [0.15, 0.2) is 0 Å². The number of carbonyl (C=O) groups excluding carboxylic acids is 1. The quantitative estimate of drug-likeness (QED) is 0.837. The van der Waals surface area contributed by atoms with Gasteiger partial charge in [0, 0.05) is 51.2 Å². The van der Waals surface area contributed by atoms with Crippen LogP contribution in [-0.4, -0.2) is 71.5 Å². The number of hydrogen-bond acceptors (Lipinski definition) is 5. The van der Waals surface area contributed by atoms with E-state index in [4.69, 9.17) is 0 Å². The van der Waals surface area contributed by atoms with Crippen LogP contribution >= 0.6 is 0 Å². The molecule has 6 nitrogen and oxygen atoms in total. The average Bonchev–Trinajstić information content (AvgIpc) is 2.56. The number of amides is 1. The smallest absolute Gasteiger partial charge is 0.236 e. The van der Waals surface area contributed by atoms with Crippen LogP contribution in [0.4, 0.5) is 5.95 Å². The van der Waals surface area contributed by atoms with Crippen LogP contribution in [0.3, 0.4) is 0 Å². The summed E-state index contributed by atoms with van der Waals surface area (Å²) < 4.78 is 0. The van der Waals surface area contributed by atoms with E-state index in [1.807, 2.05) is 24.1 Å². The minimum atomic E-state index is 0.289. The van der Waals surface area contributed by atoms with E-state index >= 15 is 0 Å². The maximum absolute atomic E-state index is 12.4. The van der Waals surface area contributed by atoms with Gasteiger partial charge in [-0.15, -0.1) is 0 Å². The fraction of sp³-hybridized carbons (Fsp3) is 0.706. The highest BCUT2D eigenvalue weighted by molar-refractivity contribution is 5.78. The second-order valence-electron chi connectivity index (χ2n) is 6.82. The normalized spacial score (nSPS) is 20.8. The molecule has 0 unspecified atom stereocenters. The third-order valence-corrected chi connectivity index (χ3v) is 4.93. The fourth-order valence-corrected chi connectivity index (χ4v) is 3.24. The Morgan fingerprint density at radius 2 is 1.87 bits per heavy atom. The van der Waals surface area contributed by atoms with Gasteiger partial charge in [-0.3, -0.25) is 9.69 Å². The topological polar surface area (TPSA) is 52.6 Å². The first-order valence-corrected chi connectivity index (χ1v) is 8.66. The van der Waals surface area contributed by atoms with Crippen molar-refractivity contribution in [2.75, 3.05) is 50.7 Å². The summed E-state index contributed by atoms with van der Waals surface area (Å²) in [4.78, 5) is 27.7. The summed E-state index contributed by atoms with van der Waals surface area (Å²) in [5.41, 5.74) is 0.993. The molecular weight excluding hydrogens is 290 g/mol. The number of rotatable bonds is 3. The van der Waals surface area contributed by atoms with Crippen LogP contribution in [0.25, 0.3) is 0 Å². The molecule has 6 heteroatoms.